The summed E-state index contributed by atoms with van der Waals surface area (Å²) in [5.74, 6) is -0.499. The molecule has 0 aliphatic heterocycles. The normalized spacial score (nSPS) is 17.5. The zero-order valence-electron chi connectivity index (χ0n) is 14.6. The first-order valence-electron chi connectivity index (χ1n) is 8.56. The van der Waals surface area contributed by atoms with E-state index in [9.17, 15) is 18.8 Å². The maximum atomic E-state index is 13.2. The molecule has 1 amide bonds. The van der Waals surface area contributed by atoms with Crippen molar-refractivity contribution < 1.29 is 14.0 Å². The van der Waals surface area contributed by atoms with Gasteiger partial charge in [-0.1, -0.05) is 6.42 Å². The Kier molecular flexibility index (Phi) is 4.97. The molecule has 1 fully saturated rings. The summed E-state index contributed by atoms with van der Waals surface area (Å²) >= 11 is 0. The first-order chi connectivity index (χ1) is 12.4. The van der Waals surface area contributed by atoms with Crippen LogP contribution in [-0.4, -0.2) is 37.6 Å². The lowest BCUT2D eigenvalue weighted by atomic mass is 9.94. The molecule has 0 spiro atoms. The van der Waals surface area contributed by atoms with Crippen molar-refractivity contribution in [3.8, 4) is 0 Å². The number of tetrazole rings is 1. The molecule has 0 saturated heterocycles. The Hall–Kier alpha value is -2.84. The number of hydrogen-bond acceptors (Lipinski definition) is 5. The quantitative estimate of drug-likeness (QED) is 0.782. The largest absolute Gasteiger partial charge is 0.373 e. The van der Waals surface area contributed by atoms with Crippen LogP contribution < -0.4 is 10.6 Å². The average Bonchev–Trinajstić information content (AvgIpc) is 2.98. The summed E-state index contributed by atoms with van der Waals surface area (Å²) in [5.41, 5.74) is -0.315. The average molecular weight is 361 g/mol. The molecule has 1 atom stereocenters. The molecule has 138 valence electrons. The Morgan fingerprint density at radius 3 is 2.50 bits per heavy atom. The summed E-state index contributed by atoms with van der Waals surface area (Å²) in [5, 5.41) is 7.42. The van der Waals surface area contributed by atoms with Crippen molar-refractivity contribution in [2.45, 2.75) is 51.6 Å². The van der Waals surface area contributed by atoms with Crippen molar-refractivity contribution in [1.29, 1.82) is 0 Å². The van der Waals surface area contributed by atoms with Gasteiger partial charge in [0.2, 0.25) is 0 Å². The zero-order valence-corrected chi connectivity index (χ0v) is 14.6. The maximum Gasteiger partial charge on any atom is 0.373 e. The predicted molar refractivity (Wildman–Crippen MR) is 91.6 cm³/mol. The lowest BCUT2D eigenvalue weighted by Crippen LogP contribution is -2.45. The maximum absolute atomic E-state index is 13.2. The van der Waals surface area contributed by atoms with Crippen molar-refractivity contribution in [3.05, 3.63) is 40.6 Å². The van der Waals surface area contributed by atoms with Gasteiger partial charge in [0.1, 0.15) is 11.9 Å². The van der Waals surface area contributed by atoms with Gasteiger partial charge in [0.15, 0.2) is 5.78 Å². The summed E-state index contributed by atoms with van der Waals surface area (Å²) < 4.78 is 14.8. The van der Waals surface area contributed by atoms with Crippen LogP contribution in [0.1, 0.15) is 45.6 Å². The minimum atomic E-state index is -0.747. The second kappa shape index (κ2) is 7.19. The van der Waals surface area contributed by atoms with Gasteiger partial charge in [-0.3, -0.25) is 9.69 Å². The van der Waals surface area contributed by atoms with Gasteiger partial charge in [-0.05, 0) is 61.4 Å². The standard InChI is InChI=1S/C17H20FN5O3/c1-11(2)21(13-9-7-12(18)8-10-13)16(25)23-17(26)22(19-20-23)14-5-3-4-6-15(14)24/h7-11,14H,3-6H2,1-2H3. The second-order valence-corrected chi connectivity index (χ2v) is 6.57. The number of anilines is 1. The molecule has 0 N–H and O–H groups in total. The van der Waals surface area contributed by atoms with Crippen molar-refractivity contribution in [1.82, 2.24) is 19.8 Å². The topological polar surface area (TPSA) is 90.1 Å². The number of nitrogens with zero attached hydrogens (tertiary/aromatic N) is 5. The Morgan fingerprint density at radius 2 is 1.88 bits per heavy atom. The van der Waals surface area contributed by atoms with Gasteiger partial charge in [-0.25, -0.2) is 14.0 Å². The molecular weight excluding hydrogens is 341 g/mol. The second-order valence-electron chi connectivity index (χ2n) is 6.57. The Balaban J connectivity index is 1.94. The van der Waals surface area contributed by atoms with Gasteiger partial charge in [-0.2, -0.15) is 4.68 Å². The van der Waals surface area contributed by atoms with E-state index in [1.807, 2.05) is 0 Å². The minimum absolute atomic E-state index is 0.0721. The number of rotatable bonds is 3. The molecule has 1 aliphatic carbocycles. The van der Waals surface area contributed by atoms with E-state index >= 15 is 0 Å². The fraction of sp³-hybridized carbons (Fsp3) is 0.471. The van der Waals surface area contributed by atoms with Crippen LogP contribution in [0.3, 0.4) is 0 Å². The van der Waals surface area contributed by atoms with Gasteiger partial charge in [0.25, 0.3) is 0 Å². The van der Waals surface area contributed by atoms with Crippen LogP contribution in [0.4, 0.5) is 14.9 Å². The summed E-state index contributed by atoms with van der Waals surface area (Å²) in [4.78, 5) is 38.8. The van der Waals surface area contributed by atoms with E-state index in [-0.39, 0.29) is 11.8 Å². The van der Waals surface area contributed by atoms with Crippen molar-refractivity contribution in [2.75, 3.05) is 4.90 Å². The van der Waals surface area contributed by atoms with E-state index in [4.69, 9.17) is 0 Å². The molecule has 2 aromatic rings. The Bertz CT molecular complexity index is 871. The molecular formula is C17H20FN5O3. The molecule has 8 nitrogen and oxygen atoms in total. The van der Waals surface area contributed by atoms with Gasteiger partial charge in [-0.15, -0.1) is 4.68 Å². The van der Waals surface area contributed by atoms with E-state index in [0.717, 1.165) is 17.5 Å². The monoisotopic (exact) mass is 361 g/mol. The van der Waals surface area contributed by atoms with Crippen LogP contribution in [0.15, 0.2) is 29.1 Å². The molecule has 9 heteroatoms. The van der Waals surface area contributed by atoms with Crippen molar-refractivity contribution >= 4 is 17.5 Å². The number of benzene rings is 1. The third kappa shape index (κ3) is 3.29. The lowest BCUT2D eigenvalue weighted by molar-refractivity contribution is -0.124. The molecule has 1 aromatic heterocycles. The van der Waals surface area contributed by atoms with Crippen molar-refractivity contribution in [2.24, 2.45) is 0 Å². The van der Waals surface area contributed by atoms with Crippen LogP contribution in [0.25, 0.3) is 0 Å². The van der Waals surface area contributed by atoms with Crippen LogP contribution in [0.5, 0.6) is 0 Å². The van der Waals surface area contributed by atoms with Gasteiger partial charge < -0.3 is 0 Å². The van der Waals surface area contributed by atoms with Crippen molar-refractivity contribution in [3.63, 3.8) is 0 Å². The Morgan fingerprint density at radius 1 is 1.19 bits per heavy atom. The highest BCUT2D eigenvalue weighted by molar-refractivity contribution is 5.93. The molecule has 1 aliphatic rings. The highest BCUT2D eigenvalue weighted by atomic mass is 19.1. The first kappa shape index (κ1) is 18.0. The molecule has 1 aromatic carbocycles. The first-order valence-corrected chi connectivity index (χ1v) is 8.56. The molecule has 3 rings (SSSR count). The van der Waals surface area contributed by atoms with Gasteiger partial charge in [0, 0.05) is 18.2 Å². The number of carbonyl (C=O) groups excluding carboxylic acids is 2. The number of halogens is 1. The molecule has 1 heterocycles. The molecule has 26 heavy (non-hydrogen) atoms. The number of amides is 1. The molecule has 0 bridgehead atoms. The van der Waals surface area contributed by atoms with Crippen LogP contribution in [0.2, 0.25) is 0 Å². The number of aromatic nitrogens is 4. The summed E-state index contributed by atoms with van der Waals surface area (Å²) in [6.45, 7) is 3.53. The zero-order chi connectivity index (χ0) is 18.8. The smallest absolute Gasteiger partial charge is 0.297 e. The van der Waals surface area contributed by atoms with E-state index in [1.54, 1.807) is 13.8 Å². The minimum Gasteiger partial charge on any atom is -0.297 e. The highest BCUT2D eigenvalue weighted by Gasteiger charge is 2.30. The fourth-order valence-electron chi connectivity index (χ4n) is 3.13. The highest BCUT2D eigenvalue weighted by Crippen LogP contribution is 2.23. The van der Waals surface area contributed by atoms with E-state index < -0.39 is 23.6 Å². The number of ketones is 1. The third-order valence-electron chi connectivity index (χ3n) is 4.43. The SMILES string of the molecule is CC(C)N(C(=O)n1nnn(C2CCCCC2=O)c1=O)c1ccc(F)cc1. The Labute approximate surface area is 149 Å². The number of hydrogen-bond donors (Lipinski definition) is 0. The lowest BCUT2D eigenvalue weighted by Gasteiger charge is -2.25. The fourth-order valence-corrected chi connectivity index (χ4v) is 3.13. The van der Waals surface area contributed by atoms with E-state index in [0.29, 0.717) is 23.2 Å². The predicted octanol–water partition coefficient (Wildman–Crippen LogP) is 2.15. The summed E-state index contributed by atoms with van der Waals surface area (Å²) in [7, 11) is 0. The third-order valence-corrected chi connectivity index (χ3v) is 4.43. The van der Waals surface area contributed by atoms with E-state index in [2.05, 4.69) is 10.4 Å². The molecule has 1 unspecified atom stereocenters. The van der Waals surface area contributed by atoms with Gasteiger partial charge in [0.05, 0.1) is 0 Å². The van der Waals surface area contributed by atoms with Crippen LogP contribution >= 0.6 is 0 Å². The van der Waals surface area contributed by atoms with Crippen LogP contribution in [0, 0.1) is 5.82 Å². The van der Waals surface area contributed by atoms with E-state index in [1.165, 1.54) is 29.2 Å². The number of Topliss-reactive ketones (excluding diaryl/α,β-unsaturated/α-hetero) is 1. The van der Waals surface area contributed by atoms with Crippen LogP contribution in [-0.2, 0) is 4.79 Å². The van der Waals surface area contributed by atoms with Gasteiger partial charge >= 0.3 is 11.7 Å². The molecule has 1 saturated carbocycles. The summed E-state index contributed by atoms with van der Waals surface area (Å²) in [6.07, 6.45) is 2.52. The summed E-state index contributed by atoms with van der Waals surface area (Å²) in [6, 6.07) is 3.70. The molecule has 0 radical (unpaired) electrons. The number of carbonyl (C=O) groups is 2.